The Bertz CT molecular complexity index is 1210. The Kier molecular flexibility index (Phi) is 5.56. The molecule has 0 unspecified atom stereocenters. The van der Waals surface area contributed by atoms with Crippen molar-refractivity contribution < 1.29 is 4.79 Å². The standard InChI is InChI=1S/C25H26N6O/c1-18-5-8-20(9-6-18)27-25(32)31-14-12-30(13-15-31)17-19-7-10-21-23(16-19)29-24(28-21)22-4-2-3-11-26-22/h2-11,16H,12-15,17H2,1H3,(H,27,32)(H,28,29). The summed E-state index contributed by atoms with van der Waals surface area (Å²) in [5.74, 6) is 0.783. The van der Waals surface area contributed by atoms with Gasteiger partial charge in [0.1, 0.15) is 5.69 Å². The van der Waals surface area contributed by atoms with Crippen molar-refractivity contribution in [1.29, 1.82) is 0 Å². The first-order chi connectivity index (χ1) is 15.6. The van der Waals surface area contributed by atoms with E-state index >= 15 is 0 Å². The summed E-state index contributed by atoms with van der Waals surface area (Å²) in [4.78, 5) is 29.3. The molecule has 0 spiro atoms. The molecule has 3 heterocycles. The molecule has 2 aromatic carbocycles. The zero-order chi connectivity index (χ0) is 21.9. The predicted octanol–water partition coefficient (Wildman–Crippen LogP) is 4.28. The number of hydrogen-bond donors (Lipinski definition) is 2. The molecule has 7 heteroatoms. The molecule has 0 saturated carbocycles. The van der Waals surface area contributed by atoms with Crippen molar-refractivity contribution in [1.82, 2.24) is 24.8 Å². The van der Waals surface area contributed by atoms with E-state index in [0.29, 0.717) is 13.1 Å². The number of carbonyl (C=O) groups is 1. The van der Waals surface area contributed by atoms with Gasteiger partial charge < -0.3 is 15.2 Å². The van der Waals surface area contributed by atoms with E-state index in [-0.39, 0.29) is 6.03 Å². The van der Waals surface area contributed by atoms with Crippen LogP contribution in [0.2, 0.25) is 0 Å². The fourth-order valence-corrected chi connectivity index (χ4v) is 3.98. The van der Waals surface area contributed by atoms with Gasteiger partial charge in [-0.25, -0.2) is 9.78 Å². The highest BCUT2D eigenvalue weighted by Gasteiger charge is 2.21. The maximum atomic E-state index is 12.6. The van der Waals surface area contributed by atoms with E-state index in [2.05, 4.69) is 38.4 Å². The first-order valence-electron chi connectivity index (χ1n) is 10.9. The third kappa shape index (κ3) is 4.48. The Balaban J connectivity index is 1.18. The van der Waals surface area contributed by atoms with E-state index in [1.807, 2.05) is 54.3 Å². The lowest BCUT2D eigenvalue weighted by Crippen LogP contribution is -2.49. The Morgan fingerprint density at radius 3 is 2.59 bits per heavy atom. The molecule has 1 saturated heterocycles. The number of nitrogens with one attached hydrogen (secondary N) is 2. The lowest BCUT2D eigenvalue weighted by Gasteiger charge is -2.34. The topological polar surface area (TPSA) is 77.2 Å². The largest absolute Gasteiger partial charge is 0.337 e. The zero-order valence-electron chi connectivity index (χ0n) is 18.1. The number of H-pyrrole nitrogens is 1. The average Bonchev–Trinajstić information content (AvgIpc) is 3.25. The molecule has 2 N–H and O–H groups in total. The quantitative estimate of drug-likeness (QED) is 0.511. The van der Waals surface area contributed by atoms with Gasteiger partial charge >= 0.3 is 6.03 Å². The maximum Gasteiger partial charge on any atom is 0.321 e. The second-order valence-electron chi connectivity index (χ2n) is 8.21. The van der Waals surface area contributed by atoms with Crippen LogP contribution in [0.3, 0.4) is 0 Å². The van der Waals surface area contributed by atoms with Crippen LogP contribution >= 0.6 is 0 Å². The number of aromatic nitrogens is 3. The number of aryl methyl sites for hydroxylation is 1. The van der Waals surface area contributed by atoms with Crippen LogP contribution in [0.4, 0.5) is 10.5 Å². The number of urea groups is 1. The highest BCUT2D eigenvalue weighted by molar-refractivity contribution is 5.89. The van der Waals surface area contributed by atoms with Gasteiger partial charge in [-0.1, -0.05) is 29.8 Å². The number of carbonyl (C=O) groups excluding carboxylic acids is 1. The van der Waals surface area contributed by atoms with Crippen molar-refractivity contribution in [3.63, 3.8) is 0 Å². The molecule has 5 rings (SSSR count). The van der Waals surface area contributed by atoms with Gasteiger partial charge in [-0.05, 0) is 48.9 Å². The van der Waals surface area contributed by atoms with Gasteiger partial charge in [0.05, 0.1) is 11.0 Å². The number of fused-ring (bicyclic) bond motifs is 1. The van der Waals surface area contributed by atoms with Crippen LogP contribution in [0.15, 0.2) is 66.9 Å². The summed E-state index contributed by atoms with van der Waals surface area (Å²) in [6, 6.07) is 20.0. The zero-order valence-corrected chi connectivity index (χ0v) is 18.1. The van der Waals surface area contributed by atoms with Crippen LogP contribution in [-0.2, 0) is 6.54 Å². The number of hydrogen-bond acceptors (Lipinski definition) is 4. The number of aromatic amines is 1. The van der Waals surface area contributed by atoms with Gasteiger partial charge in [-0.2, -0.15) is 0 Å². The van der Waals surface area contributed by atoms with E-state index in [1.165, 1.54) is 11.1 Å². The van der Waals surface area contributed by atoms with Crippen LogP contribution in [0, 0.1) is 6.92 Å². The number of amides is 2. The molecule has 162 valence electrons. The molecule has 2 amide bonds. The minimum atomic E-state index is -0.0338. The fraction of sp³-hybridized carbons (Fsp3) is 0.240. The van der Waals surface area contributed by atoms with Gasteiger partial charge in [0.25, 0.3) is 0 Å². The van der Waals surface area contributed by atoms with E-state index < -0.39 is 0 Å². The number of anilines is 1. The Morgan fingerprint density at radius 2 is 1.84 bits per heavy atom. The summed E-state index contributed by atoms with van der Waals surface area (Å²) in [5, 5.41) is 2.99. The molecule has 7 nitrogen and oxygen atoms in total. The molecule has 1 aliphatic rings. The lowest BCUT2D eigenvalue weighted by atomic mass is 10.1. The summed E-state index contributed by atoms with van der Waals surface area (Å²) in [6.07, 6.45) is 1.77. The third-order valence-corrected chi connectivity index (χ3v) is 5.82. The molecule has 0 radical (unpaired) electrons. The second-order valence-corrected chi connectivity index (χ2v) is 8.21. The van der Waals surface area contributed by atoms with Crippen molar-refractivity contribution in [2.45, 2.75) is 13.5 Å². The van der Waals surface area contributed by atoms with Crippen LogP contribution < -0.4 is 5.32 Å². The predicted molar refractivity (Wildman–Crippen MR) is 126 cm³/mol. The van der Waals surface area contributed by atoms with Crippen LogP contribution in [-0.4, -0.2) is 57.0 Å². The van der Waals surface area contributed by atoms with Crippen LogP contribution in [0.25, 0.3) is 22.6 Å². The van der Waals surface area contributed by atoms with Crippen molar-refractivity contribution >= 4 is 22.8 Å². The maximum absolute atomic E-state index is 12.6. The van der Waals surface area contributed by atoms with E-state index in [0.717, 1.165) is 47.9 Å². The molecule has 0 atom stereocenters. The van der Waals surface area contributed by atoms with Gasteiger partial charge in [-0.15, -0.1) is 0 Å². The molecule has 2 aromatic heterocycles. The Labute approximate surface area is 187 Å². The van der Waals surface area contributed by atoms with Crippen LogP contribution in [0.5, 0.6) is 0 Å². The first kappa shape index (κ1) is 20.2. The average molecular weight is 427 g/mol. The highest BCUT2D eigenvalue weighted by Crippen LogP contribution is 2.21. The number of nitrogens with zero attached hydrogens (tertiary/aromatic N) is 4. The summed E-state index contributed by atoms with van der Waals surface area (Å²) in [7, 11) is 0. The van der Waals surface area contributed by atoms with Gasteiger partial charge in [0.15, 0.2) is 5.82 Å². The monoisotopic (exact) mass is 426 g/mol. The van der Waals surface area contributed by atoms with Gasteiger partial charge in [0.2, 0.25) is 0 Å². The SMILES string of the molecule is Cc1ccc(NC(=O)N2CCN(Cc3ccc4[nH]c(-c5ccccn5)nc4c3)CC2)cc1. The lowest BCUT2D eigenvalue weighted by molar-refractivity contribution is 0.143. The van der Waals surface area contributed by atoms with Crippen molar-refractivity contribution in [2.24, 2.45) is 0 Å². The van der Waals surface area contributed by atoms with Crippen molar-refractivity contribution in [3.8, 4) is 11.5 Å². The summed E-state index contributed by atoms with van der Waals surface area (Å²) >= 11 is 0. The minimum absolute atomic E-state index is 0.0338. The summed E-state index contributed by atoms with van der Waals surface area (Å²) in [6.45, 7) is 6.00. The Morgan fingerprint density at radius 1 is 1.03 bits per heavy atom. The summed E-state index contributed by atoms with van der Waals surface area (Å²) in [5.41, 5.74) is 6.02. The van der Waals surface area contributed by atoms with Gasteiger partial charge in [0, 0.05) is 44.6 Å². The number of piperazine rings is 1. The summed E-state index contributed by atoms with van der Waals surface area (Å²) < 4.78 is 0. The molecule has 1 fully saturated rings. The normalized spacial score (nSPS) is 14.6. The van der Waals surface area contributed by atoms with E-state index in [4.69, 9.17) is 4.98 Å². The van der Waals surface area contributed by atoms with Crippen molar-refractivity contribution in [3.05, 3.63) is 78.0 Å². The second kappa shape index (κ2) is 8.80. The Hall–Kier alpha value is -3.71. The molecule has 1 aliphatic heterocycles. The number of benzene rings is 2. The smallest absolute Gasteiger partial charge is 0.321 e. The van der Waals surface area contributed by atoms with Gasteiger partial charge in [-0.3, -0.25) is 9.88 Å². The third-order valence-electron chi connectivity index (χ3n) is 5.82. The molecule has 4 aromatic rings. The number of pyridine rings is 1. The number of imidazole rings is 1. The van der Waals surface area contributed by atoms with E-state index in [9.17, 15) is 4.79 Å². The first-order valence-corrected chi connectivity index (χ1v) is 10.9. The molecule has 32 heavy (non-hydrogen) atoms. The number of rotatable bonds is 4. The van der Waals surface area contributed by atoms with Crippen LogP contribution in [0.1, 0.15) is 11.1 Å². The highest BCUT2D eigenvalue weighted by atomic mass is 16.2. The molecular formula is C25H26N6O. The fourth-order valence-electron chi connectivity index (χ4n) is 3.98. The molecule has 0 bridgehead atoms. The van der Waals surface area contributed by atoms with E-state index in [1.54, 1.807) is 6.20 Å². The molecule has 0 aliphatic carbocycles. The minimum Gasteiger partial charge on any atom is -0.337 e. The van der Waals surface area contributed by atoms with Crippen molar-refractivity contribution in [2.75, 3.05) is 31.5 Å². The molecular weight excluding hydrogens is 400 g/mol.